The third kappa shape index (κ3) is 6.55. The van der Waals surface area contributed by atoms with Crippen molar-refractivity contribution in [2.24, 2.45) is 0 Å². The zero-order chi connectivity index (χ0) is 20.5. The summed E-state index contributed by atoms with van der Waals surface area (Å²) in [5, 5.41) is 6.38. The Morgan fingerprint density at radius 2 is 1.68 bits per heavy atom. The molecule has 0 fully saturated rings. The third-order valence-electron chi connectivity index (χ3n) is 4.27. The van der Waals surface area contributed by atoms with Gasteiger partial charge in [-0.15, -0.1) is 0 Å². The van der Waals surface area contributed by atoms with E-state index in [1.54, 1.807) is 37.4 Å². The van der Waals surface area contributed by atoms with Crippen LogP contribution in [-0.4, -0.2) is 38.6 Å². The fourth-order valence-electron chi connectivity index (χ4n) is 2.95. The topological polar surface area (TPSA) is 71.9 Å². The minimum absolute atomic E-state index is 0.140. The number of rotatable bonds is 9. The monoisotopic (exact) mass is 404 g/mol. The molecule has 0 saturated carbocycles. The number of carbonyl (C=O) groups excluding carboxylic acids is 2. The van der Waals surface area contributed by atoms with Crippen molar-refractivity contribution in [1.82, 2.24) is 0 Å². The molecule has 6 nitrogen and oxygen atoms in total. The predicted molar refractivity (Wildman–Crippen MR) is 112 cm³/mol. The molecule has 0 aliphatic heterocycles. The Morgan fingerprint density at radius 3 is 2.29 bits per heavy atom. The summed E-state index contributed by atoms with van der Waals surface area (Å²) in [6.07, 6.45) is 0.866. The van der Waals surface area contributed by atoms with Crippen molar-refractivity contribution in [2.75, 3.05) is 37.4 Å². The van der Waals surface area contributed by atoms with E-state index in [1.165, 1.54) is 0 Å². The summed E-state index contributed by atoms with van der Waals surface area (Å²) in [5.74, 6) is 0.297. The third-order valence-corrected chi connectivity index (χ3v) is 4.50. The first-order valence-corrected chi connectivity index (χ1v) is 9.63. The van der Waals surface area contributed by atoms with E-state index in [0.717, 1.165) is 22.6 Å². The Hall–Kier alpha value is -2.57. The molecule has 1 unspecified atom stereocenters. The maximum absolute atomic E-state index is 12.5. The van der Waals surface area contributed by atoms with E-state index in [0.29, 0.717) is 23.0 Å². The molecule has 0 aliphatic rings. The van der Waals surface area contributed by atoms with Crippen molar-refractivity contribution in [2.45, 2.75) is 20.3 Å². The maximum Gasteiger partial charge on any atom is 0.279 e. The van der Waals surface area contributed by atoms with Gasteiger partial charge in [-0.1, -0.05) is 30.7 Å². The van der Waals surface area contributed by atoms with Crippen LogP contribution < -0.4 is 20.3 Å². The number of methoxy groups -OCH3 is 1. The number of para-hydroxylation sites is 2. The summed E-state index contributed by atoms with van der Waals surface area (Å²) >= 11 is 5.95. The van der Waals surface area contributed by atoms with E-state index >= 15 is 0 Å². The van der Waals surface area contributed by atoms with Crippen LogP contribution in [0.4, 0.5) is 11.4 Å². The van der Waals surface area contributed by atoms with Crippen LogP contribution in [0.3, 0.4) is 0 Å². The largest absolute Gasteiger partial charge is 0.495 e. The van der Waals surface area contributed by atoms with Gasteiger partial charge in [0.1, 0.15) is 5.75 Å². The van der Waals surface area contributed by atoms with Gasteiger partial charge in [0.25, 0.3) is 11.8 Å². The second-order valence-corrected chi connectivity index (χ2v) is 7.05. The van der Waals surface area contributed by atoms with Crippen LogP contribution in [0.25, 0.3) is 0 Å². The van der Waals surface area contributed by atoms with E-state index in [9.17, 15) is 9.59 Å². The van der Waals surface area contributed by atoms with E-state index in [-0.39, 0.29) is 24.9 Å². The average molecular weight is 405 g/mol. The van der Waals surface area contributed by atoms with E-state index in [1.807, 2.05) is 26.0 Å². The Balaban J connectivity index is 1.96. The van der Waals surface area contributed by atoms with Gasteiger partial charge < -0.3 is 20.3 Å². The number of aryl methyl sites for hydroxylation is 1. The van der Waals surface area contributed by atoms with Gasteiger partial charge in [-0.25, -0.2) is 0 Å². The van der Waals surface area contributed by atoms with E-state index in [2.05, 4.69) is 10.6 Å². The summed E-state index contributed by atoms with van der Waals surface area (Å²) in [6.45, 7) is 5.03. The highest BCUT2D eigenvalue weighted by atomic mass is 35.5. The number of carbonyl (C=O) groups is 2. The van der Waals surface area contributed by atoms with Crippen LogP contribution in [0.15, 0.2) is 42.5 Å². The molecule has 28 heavy (non-hydrogen) atoms. The molecule has 0 bridgehead atoms. The molecule has 2 amide bonds. The first-order chi connectivity index (χ1) is 13.4. The molecular formula is C21H27ClN3O3+. The SMILES string of the molecule is CCC[NH+](CC(=O)Nc1ccc(Cl)cc1C)CC(=O)Nc1ccccc1OC. The first-order valence-electron chi connectivity index (χ1n) is 9.25. The van der Waals surface area contributed by atoms with Gasteiger partial charge in [-0.3, -0.25) is 9.59 Å². The average Bonchev–Trinajstić information content (AvgIpc) is 2.64. The molecule has 2 aromatic carbocycles. The number of hydrogen-bond acceptors (Lipinski definition) is 3. The Bertz CT molecular complexity index is 826. The predicted octanol–water partition coefficient (Wildman–Crippen LogP) is 2.53. The molecule has 2 rings (SSSR count). The number of ether oxygens (including phenoxy) is 1. The lowest BCUT2D eigenvalue weighted by atomic mass is 10.2. The highest BCUT2D eigenvalue weighted by Crippen LogP contribution is 2.22. The quantitative estimate of drug-likeness (QED) is 0.601. The zero-order valence-corrected chi connectivity index (χ0v) is 17.2. The standard InChI is InChI=1S/C21H26ClN3O3/c1-4-11-25(13-20(26)23-17-10-9-16(22)12-15(17)2)14-21(27)24-18-7-5-6-8-19(18)28-3/h5-10,12H,4,11,13-14H2,1-3H3,(H,23,26)(H,24,27)/p+1. The van der Waals surface area contributed by atoms with E-state index < -0.39 is 0 Å². The molecule has 7 heteroatoms. The fraction of sp³-hybridized carbons (Fsp3) is 0.333. The zero-order valence-electron chi connectivity index (χ0n) is 16.5. The molecule has 2 aromatic rings. The minimum Gasteiger partial charge on any atom is -0.495 e. The van der Waals surface area contributed by atoms with Gasteiger partial charge in [0, 0.05) is 10.7 Å². The number of amides is 2. The first kappa shape index (κ1) is 21.7. The van der Waals surface area contributed by atoms with Crippen LogP contribution in [0.5, 0.6) is 5.75 Å². The number of quaternary nitrogens is 1. The Kier molecular flexibility index (Phi) is 8.29. The molecule has 3 N–H and O–H groups in total. The number of hydrogen-bond donors (Lipinski definition) is 3. The molecule has 0 heterocycles. The van der Waals surface area contributed by atoms with Crippen LogP contribution in [0, 0.1) is 6.92 Å². The molecule has 0 spiro atoms. The van der Waals surface area contributed by atoms with Crippen LogP contribution in [0.2, 0.25) is 5.02 Å². The number of nitrogens with one attached hydrogen (secondary N) is 3. The van der Waals surface area contributed by atoms with Crippen LogP contribution in [0.1, 0.15) is 18.9 Å². The normalized spacial score (nSPS) is 11.6. The Morgan fingerprint density at radius 1 is 1.04 bits per heavy atom. The van der Waals surface area contributed by atoms with E-state index in [4.69, 9.17) is 16.3 Å². The van der Waals surface area contributed by atoms with Crippen molar-refractivity contribution < 1.29 is 19.2 Å². The lowest BCUT2D eigenvalue weighted by Crippen LogP contribution is -3.14. The minimum atomic E-state index is -0.163. The second-order valence-electron chi connectivity index (χ2n) is 6.61. The van der Waals surface area contributed by atoms with Gasteiger partial charge in [0.05, 0.1) is 19.3 Å². The van der Waals surface area contributed by atoms with Gasteiger partial charge in [0.2, 0.25) is 0 Å². The summed E-state index contributed by atoms with van der Waals surface area (Å²) in [6, 6.07) is 12.6. The molecule has 0 aromatic heterocycles. The highest BCUT2D eigenvalue weighted by molar-refractivity contribution is 6.30. The highest BCUT2D eigenvalue weighted by Gasteiger charge is 2.19. The summed E-state index contributed by atoms with van der Waals surface area (Å²) < 4.78 is 5.25. The lowest BCUT2D eigenvalue weighted by molar-refractivity contribution is -0.883. The van der Waals surface area contributed by atoms with Crippen molar-refractivity contribution in [3.05, 3.63) is 53.1 Å². The molecule has 0 aliphatic carbocycles. The second kappa shape index (κ2) is 10.7. The van der Waals surface area contributed by atoms with Gasteiger partial charge in [-0.05, 0) is 49.2 Å². The van der Waals surface area contributed by atoms with Crippen molar-refractivity contribution in [3.63, 3.8) is 0 Å². The summed E-state index contributed by atoms with van der Waals surface area (Å²) in [4.78, 5) is 25.8. The molecule has 0 saturated heterocycles. The van der Waals surface area contributed by atoms with Crippen LogP contribution >= 0.6 is 11.6 Å². The molecule has 1 atom stereocenters. The van der Waals surface area contributed by atoms with Crippen molar-refractivity contribution in [1.29, 1.82) is 0 Å². The van der Waals surface area contributed by atoms with Crippen molar-refractivity contribution >= 4 is 34.8 Å². The van der Waals surface area contributed by atoms with Gasteiger partial charge in [-0.2, -0.15) is 0 Å². The number of anilines is 2. The molecular weight excluding hydrogens is 378 g/mol. The van der Waals surface area contributed by atoms with Crippen LogP contribution in [-0.2, 0) is 9.59 Å². The lowest BCUT2D eigenvalue weighted by Gasteiger charge is -2.19. The van der Waals surface area contributed by atoms with Gasteiger partial charge >= 0.3 is 0 Å². The molecule has 0 radical (unpaired) electrons. The van der Waals surface area contributed by atoms with Crippen molar-refractivity contribution in [3.8, 4) is 5.75 Å². The number of benzene rings is 2. The Labute approximate surface area is 170 Å². The van der Waals surface area contributed by atoms with Gasteiger partial charge in [0.15, 0.2) is 13.1 Å². The number of halogens is 1. The summed E-state index contributed by atoms with van der Waals surface area (Å²) in [7, 11) is 1.56. The maximum atomic E-state index is 12.5. The molecule has 150 valence electrons. The smallest absolute Gasteiger partial charge is 0.279 e. The fourth-order valence-corrected chi connectivity index (χ4v) is 3.18. The summed E-state index contributed by atoms with van der Waals surface area (Å²) in [5.41, 5.74) is 2.24.